The summed E-state index contributed by atoms with van der Waals surface area (Å²) >= 11 is 0. The predicted octanol–water partition coefficient (Wildman–Crippen LogP) is 1.05. The first kappa shape index (κ1) is 11.5. The summed E-state index contributed by atoms with van der Waals surface area (Å²) in [5.74, 6) is 0.950. The highest BCUT2D eigenvalue weighted by molar-refractivity contribution is 5.36. The van der Waals surface area contributed by atoms with Crippen molar-refractivity contribution in [3.63, 3.8) is 0 Å². The van der Waals surface area contributed by atoms with Crippen molar-refractivity contribution < 1.29 is 0 Å². The van der Waals surface area contributed by atoms with Crippen LogP contribution in [0.2, 0.25) is 0 Å². The van der Waals surface area contributed by atoms with Gasteiger partial charge in [0, 0.05) is 31.3 Å². The number of likely N-dealkylation sites (tertiary alicyclic amines) is 1. The number of rotatable bonds is 3. The summed E-state index contributed by atoms with van der Waals surface area (Å²) in [7, 11) is 0. The number of pyridine rings is 1. The van der Waals surface area contributed by atoms with Crippen LogP contribution in [0.3, 0.4) is 0 Å². The molecule has 0 radical (unpaired) electrons. The van der Waals surface area contributed by atoms with Gasteiger partial charge in [-0.25, -0.2) is 9.50 Å². The number of hydrogen-bond donors (Lipinski definition) is 1. The van der Waals surface area contributed by atoms with Crippen LogP contribution >= 0.6 is 0 Å². The van der Waals surface area contributed by atoms with Crippen molar-refractivity contribution in [1.82, 2.24) is 19.5 Å². The topological polar surface area (TPSA) is 53.4 Å². The Hall–Kier alpha value is -1.62. The van der Waals surface area contributed by atoms with E-state index >= 15 is 0 Å². The minimum atomic E-state index is 0.00378. The van der Waals surface area contributed by atoms with Gasteiger partial charge in [0.2, 0.25) is 0 Å². The second-order valence-corrected chi connectivity index (χ2v) is 4.91. The van der Waals surface area contributed by atoms with Crippen LogP contribution in [0.4, 0.5) is 0 Å². The zero-order valence-electron chi connectivity index (χ0n) is 10.4. The molecule has 1 fully saturated rings. The van der Waals surface area contributed by atoms with E-state index in [9.17, 15) is 4.79 Å². The fourth-order valence-electron chi connectivity index (χ4n) is 2.51. The minimum absolute atomic E-state index is 0.00378. The van der Waals surface area contributed by atoms with Gasteiger partial charge in [-0.1, -0.05) is 6.42 Å². The number of piperidine rings is 1. The summed E-state index contributed by atoms with van der Waals surface area (Å²) < 4.78 is 1.80. The highest BCUT2D eigenvalue weighted by Crippen LogP contribution is 2.09. The van der Waals surface area contributed by atoms with Crippen molar-refractivity contribution in [2.24, 2.45) is 0 Å². The van der Waals surface area contributed by atoms with E-state index in [2.05, 4.69) is 15.0 Å². The summed E-state index contributed by atoms with van der Waals surface area (Å²) in [6.45, 7) is 3.46. The first-order chi connectivity index (χ1) is 8.81. The third-order valence-corrected chi connectivity index (χ3v) is 3.52. The number of fused-ring (bicyclic) bond motifs is 1. The molecule has 18 heavy (non-hydrogen) atoms. The van der Waals surface area contributed by atoms with Gasteiger partial charge in [0.1, 0.15) is 5.82 Å². The average molecular weight is 246 g/mol. The fraction of sp³-hybridized carbons (Fsp3) is 0.538. The maximum absolute atomic E-state index is 11.2. The molecule has 0 aliphatic carbocycles. The van der Waals surface area contributed by atoms with Crippen molar-refractivity contribution in [2.75, 3.05) is 19.6 Å². The predicted molar refractivity (Wildman–Crippen MR) is 69.8 cm³/mol. The Bertz CT molecular complexity index is 580. The van der Waals surface area contributed by atoms with Crippen LogP contribution in [0.5, 0.6) is 0 Å². The van der Waals surface area contributed by atoms with Crippen LogP contribution in [0, 0.1) is 0 Å². The van der Waals surface area contributed by atoms with Crippen LogP contribution < -0.4 is 5.43 Å². The zero-order valence-corrected chi connectivity index (χ0v) is 10.4. The van der Waals surface area contributed by atoms with Crippen molar-refractivity contribution in [2.45, 2.75) is 25.7 Å². The first-order valence-electron chi connectivity index (χ1n) is 6.61. The van der Waals surface area contributed by atoms with Crippen molar-refractivity contribution in [3.8, 4) is 0 Å². The Kier molecular flexibility index (Phi) is 3.15. The molecule has 3 rings (SSSR count). The Morgan fingerprint density at radius 3 is 2.94 bits per heavy atom. The van der Waals surface area contributed by atoms with E-state index < -0.39 is 0 Å². The second-order valence-electron chi connectivity index (χ2n) is 4.91. The van der Waals surface area contributed by atoms with Gasteiger partial charge in [-0.15, -0.1) is 0 Å². The Labute approximate surface area is 105 Å². The Morgan fingerprint density at radius 1 is 1.28 bits per heavy atom. The summed E-state index contributed by atoms with van der Waals surface area (Å²) in [6, 6.07) is 3.10. The summed E-state index contributed by atoms with van der Waals surface area (Å²) in [6.07, 6.45) is 6.64. The monoisotopic (exact) mass is 246 g/mol. The van der Waals surface area contributed by atoms with Crippen molar-refractivity contribution in [1.29, 1.82) is 0 Å². The van der Waals surface area contributed by atoms with Gasteiger partial charge in [0.05, 0.1) is 0 Å². The molecule has 5 heteroatoms. The van der Waals surface area contributed by atoms with Crippen molar-refractivity contribution >= 4 is 5.65 Å². The second kappa shape index (κ2) is 4.94. The lowest BCUT2D eigenvalue weighted by atomic mass is 10.1. The average Bonchev–Trinajstić information content (AvgIpc) is 2.79. The normalized spacial score (nSPS) is 17.3. The minimum Gasteiger partial charge on any atom is -0.303 e. The molecular weight excluding hydrogens is 228 g/mol. The first-order valence-corrected chi connectivity index (χ1v) is 6.61. The third-order valence-electron chi connectivity index (χ3n) is 3.52. The molecule has 1 saturated heterocycles. The van der Waals surface area contributed by atoms with Crippen LogP contribution in [-0.2, 0) is 6.42 Å². The van der Waals surface area contributed by atoms with Gasteiger partial charge in [-0.3, -0.25) is 9.89 Å². The highest BCUT2D eigenvalue weighted by Gasteiger charge is 2.10. The van der Waals surface area contributed by atoms with Gasteiger partial charge in [-0.05, 0) is 25.9 Å². The molecule has 0 spiro atoms. The molecule has 0 aromatic carbocycles. The number of aromatic nitrogens is 3. The quantitative estimate of drug-likeness (QED) is 0.880. The SMILES string of the molecule is O=c1ccn2[nH]c(CCN3CCCCC3)nc2c1. The van der Waals surface area contributed by atoms with E-state index in [0.29, 0.717) is 5.65 Å². The van der Waals surface area contributed by atoms with Gasteiger partial charge in [-0.2, -0.15) is 0 Å². The molecule has 1 aliphatic heterocycles. The van der Waals surface area contributed by atoms with E-state index in [1.54, 1.807) is 22.8 Å². The van der Waals surface area contributed by atoms with Gasteiger partial charge in [0.15, 0.2) is 11.1 Å². The maximum atomic E-state index is 11.2. The van der Waals surface area contributed by atoms with Crippen LogP contribution in [0.25, 0.3) is 5.65 Å². The molecule has 0 bridgehead atoms. The smallest absolute Gasteiger partial charge is 0.183 e. The van der Waals surface area contributed by atoms with E-state index in [-0.39, 0.29) is 5.43 Å². The molecule has 96 valence electrons. The van der Waals surface area contributed by atoms with E-state index in [1.807, 2.05) is 0 Å². The van der Waals surface area contributed by atoms with Gasteiger partial charge >= 0.3 is 0 Å². The summed E-state index contributed by atoms with van der Waals surface area (Å²) in [5, 5.41) is 3.20. The summed E-state index contributed by atoms with van der Waals surface area (Å²) in [4.78, 5) is 18.1. The number of nitrogens with one attached hydrogen (secondary N) is 1. The molecule has 3 heterocycles. The molecule has 1 N–H and O–H groups in total. The molecule has 0 saturated carbocycles. The Morgan fingerprint density at radius 2 is 2.11 bits per heavy atom. The number of aromatic amines is 1. The molecule has 2 aromatic heterocycles. The summed E-state index contributed by atoms with van der Waals surface area (Å²) in [5.41, 5.74) is 0.709. The standard InChI is InChI=1S/C13H18N4O/c18-11-4-9-17-13(10-11)14-12(15-17)5-8-16-6-2-1-3-7-16/h4,9-10H,1-3,5-8H2,(H,14,15). The van der Waals surface area contributed by atoms with Crippen LogP contribution in [-0.4, -0.2) is 39.1 Å². The highest BCUT2D eigenvalue weighted by atomic mass is 16.1. The molecule has 0 amide bonds. The maximum Gasteiger partial charge on any atom is 0.183 e. The zero-order chi connectivity index (χ0) is 12.4. The number of H-pyrrole nitrogens is 1. The molecule has 0 atom stereocenters. The van der Waals surface area contributed by atoms with Crippen molar-refractivity contribution in [3.05, 3.63) is 34.4 Å². The van der Waals surface area contributed by atoms with Crippen LogP contribution in [0.1, 0.15) is 25.1 Å². The van der Waals surface area contributed by atoms with Gasteiger partial charge in [0.25, 0.3) is 0 Å². The van der Waals surface area contributed by atoms with E-state index in [4.69, 9.17) is 0 Å². The molecule has 0 unspecified atom stereocenters. The van der Waals surface area contributed by atoms with E-state index in [0.717, 1.165) is 18.8 Å². The fourth-order valence-corrected chi connectivity index (χ4v) is 2.51. The lowest BCUT2D eigenvalue weighted by molar-refractivity contribution is 0.230. The van der Waals surface area contributed by atoms with Crippen LogP contribution in [0.15, 0.2) is 23.1 Å². The lowest BCUT2D eigenvalue weighted by Crippen LogP contribution is -2.31. The molecule has 1 aliphatic rings. The lowest BCUT2D eigenvalue weighted by Gasteiger charge is -2.25. The number of hydrogen-bond acceptors (Lipinski definition) is 3. The van der Waals surface area contributed by atoms with Gasteiger partial charge < -0.3 is 4.90 Å². The molecule has 5 nitrogen and oxygen atoms in total. The number of nitrogens with zero attached hydrogens (tertiary/aromatic N) is 3. The Balaban J connectivity index is 1.68. The third kappa shape index (κ3) is 2.46. The molecule has 2 aromatic rings. The largest absolute Gasteiger partial charge is 0.303 e. The molecular formula is C13H18N4O. The van der Waals surface area contributed by atoms with E-state index in [1.165, 1.54) is 32.4 Å².